The third-order valence-corrected chi connectivity index (χ3v) is 7.90. The summed E-state index contributed by atoms with van der Waals surface area (Å²) >= 11 is 0. The second kappa shape index (κ2) is 38.1. The molecule has 0 amide bonds. The maximum Gasteiger partial charge on any atom is 0.305 e. The van der Waals surface area contributed by atoms with Crippen molar-refractivity contribution in [3.8, 4) is 0 Å². The molecule has 2 nitrogen and oxygen atoms in total. The largest absolute Gasteiger partial charge is 0.466 e. The molecule has 0 unspecified atom stereocenters. The minimum Gasteiger partial charge on any atom is -0.466 e. The molecule has 0 aromatic carbocycles. The average molecular weight is 744 g/mol. The van der Waals surface area contributed by atoms with Gasteiger partial charge >= 0.3 is 5.97 Å². The molecule has 0 aromatic rings. The van der Waals surface area contributed by atoms with Crippen LogP contribution in [0.15, 0.2) is 12.2 Å². The summed E-state index contributed by atoms with van der Waals surface area (Å²) in [5.74, 6) is 0.0208. The normalized spacial score (nSPS) is 11.2. The molecule has 0 aromatic heterocycles. The summed E-state index contributed by atoms with van der Waals surface area (Å²) in [6.45, 7) is 5.19. The van der Waals surface area contributed by atoms with Gasteiger partial charge in [-0.2, -0.15) is 0 Å². The van der Waals surface area contributed by atoms with E-state index < -0.39 is 0 Å². The summed E-state index contributed by atoms with van der Waals surface area (Å²) in [7, 11) is 0. The number of unbranched alkanes of at least 4 members (excludes halogenated alkanes) is 26. The first-order chi connectivity index (χ1) is 18.8. The molecule has 3 heteroatoms. The molecular formula is C36H70BiO2. The van der Waals surface area contributed by atoms with Crippen LogP contribution in [0.3, 0.4) is 0 Å². The van der Waals surface area contributed by atoms with Gasteiger partial charge in [0, 0.05) is 32.6 Å². The molecule has 39 heavy (non-hydrogen) atoms. The zero-order chi connectivity index (χ0) is 27.6. The molecule has 0 N–H and O–H groups in total. The first kappa shape index (κ1) is 41.2. The quantitative estimate of drug-likeness (QED) is 0.0297. The molecule has 231 valence electrons. The van der Waals surface area contributed by atoms with Gasteiger partial charge in [0.15, 0.2) is 0 Å². The molecule has 0 saturated heterocycles. The molecular weight excluding hydrogens is 673 g/mol. The molecule has 0 fully saturated rings. The minimum absolute atomic E-state index is 0. The monoisotopic (exact) mass is 744 g/mol. The number of carbonyl (C=O) groups excluding carboxylic acids is 1. The van der Waals surface area contributed by atoms with E-state index in [1.807, 2.05) is 0 Å². The Morgan fingerprint density at radius 1 is 0.436 bits per heavy atom. The van der Waals surface area contributed by atoms with Crippen LogP contribution >= 0.6 is 0 Å². The van der Waals surface area contributed by atoms with Crippen molar-refractivity contribution in [2.75, 3.05) is 6.61 Å². The Balaban J connectivity index is 0. The summed E-state index contributed by atoms with van der Waals surface area (Å²) < 4.78 is 5.43. The predicted molar refractivity (Wildman–Crippen MR) is 176 cm³/mol. The zero-order valence-corrected chi connectivity index (χ0v) is 30.3. The number of hydrogen-bond donors (Lipinski definition) is 0. The number of rotatable bonds is 32. The number of carbonyl (C=O) groups is 1. The topological polar surface area (TPSA) is 26.3 Å². The van der Waals surface area contributed by atoms with E-state index in [1.54, 1.807) is 0 Å². The first-order valence-electron chi connectivity index (χ1n) is 17.6. The standard InChI is InChI=1S/C36H70O2.Bi/c1-3-5-7-9-11-13-15-17-19-21-23-25-27-29-31-33-35-38-36(37)34-32-30-28-26-24-22-20-18-16-14-12-10-8-6-4-2;/h17,19H,3-16,18,20-35H2,1-2H3;/b19-17-;. The number of ether oxygens (including phenoxy) is 1. The molecule has 0 aliphatic heterocycles. The minimum atomic E-state index is 0. The first-order valence-corrected chi connectivity index (χ1v) is 17.6. The van der Waals surface area contributed by atoms with Gasteiger partial charge in [-0.25, -0.2) is 0 Å². The van der Waals surface area contributed by atoms with Crippen LogP contribution in [0, 0.1) is 0 Å². The van der Waals surface area contributed by atoms with Crippen LogP contribution in [-0.2, 0) is 9.53 Å². The number of allylic oxidation sites excluding steroid dienone is 2. The van der Waals surface area contributed by atoms with Crippen LogP contribution in [0.2, 0.25) is 0 Å². The van der Waals surface area contributed by atoms with Crippen LogP contribution in [0.4, 0.5) is 0 Å². The van der Waals surface area contributed by atoms with Gasteiger partial charge in [0.25, 0.3) is 0 Å². The Hall–Kier alpha value is 0.0931. The molecule has 3 radical (unpaired) electrons. The van der Waals surface area contributed by atoms with E-state index in [2.05, 4.69) is 26.0 Å². The van der Waals surface area contributed by atoms with Crippen LogP contribution in [0.25, 0.3) is 0 Å². The van der Waals surface area contributed by atoms with Crippen LogP contribution < -0.4 is 0 Å². The van der Waals surface area contributed by atoms with E-state index in [0.29, 0.717) is 13.0 Å². The molecule has 0 atom stereocenters. The van der Waals surface area contributed by atoms with Gasteiger partial charge < -0.3 is 4.74 Å². The van der Waals surface area contributed by atoms with E-state index in [9.17, 15) is 4.79 Å². The smallest absolute Gasteiger partial charge is 0.305 e. The molecule has 0 aliphatic carbocycles. The maximum absolute atomic E-state index is 11.9. The van der Waals surface area contributed by atoms with Crippen molar-refractivity contribution in [2.45, 2.75) is 206 Å². The molecule has 0 saturated carbocycles. The second-order valence-corrected chi connectivity index (χ2v) is 11.9. The van der Waals surface area contributed by atoms with Crippen LogP contribution in [0.1, 0.15) is 206 Å². The fourth-order valence-electron chi connectivity index (χ4n) is 5.25. The summed E-state index contributed by atoms with van der Waals surface area (Å²) in [5, 5.41) is 0. The molecule has 0 bridgehead atoms. The van der Waals surface area contributed by atoms with Gasteiger partial charge in [0.1, 0.15) is 0 Å². The molecule has 0 rings (SSSR count). The van der Waals surface area contributed by atoms with Crippen molar-refractivity contribution in [2.24, 2.45) is 0 Å². The van der Waals surface area contributed by atoms with E-state index in [0.717, 1.165) is 12.8 Å². The van der Waals surface area contributed by atoms with Crippen LogP contribution in [-0.4, -0.2) is 38.8 Å². The van der Waals surface area contributed by atoms with Crippen LogP contribution in [0.5, 0.6) is 0 Å². The summed E-state index contributed by atoms with van der Waals surface area (Å²) in [6, 6.07) is 0. The van der Waals surface area contributed by atoms with Crippen molar-refractivity contribution in [3.63, 3.8) is 0 Å². The van der Waals surface area contributed by atoms with Crippen molar-refractivity contribution >= 4 is 32.2 Å². The second-order valence-electron chi connectivity index (χ2n) is 11.9. The summed E-state index contributed by atoms with van der Waals surface area (Å²) in [6.07, 6.45) is 44.1. The fourth-order valence-corrected chi connectivity index (χ4v) is 5.25. The van der Waals surface area contributed by atoms with Gasteiger partial charge in [-0.05, 0) is 38.5 Å². The molecule has 0 aliphatic rings. The number of esters is 1. The Bertz CT molecular complexity index is 477. The Labute approximate surface area is 265 Å². The van der Waals surface area contributed by atoms with E-state index in [1.165, 1.54) is 173 Å². The van der Waals surface area contributed by atoms with Crippen molar-refractivity contribution in [1.29, 1.82) is 0 Å². The van der Waals surface area contributed by atoms with Gasteiger partial charge in [-0.1, -0.05) is 174 Å². The Kier molecular flexibility index (Phi) is 40.3. The van der Waals surface area contributed by atoms with E-state index >= 15 is 0 Å². The summed E-state index contributed by atoms with van der Waals surface area (Å²) in [5.41, 5.74) is 0. The van der Waals surface area contributed by atoms with Gasteiger partial charge in [0.2, 0.25) is 0 Å². The van der Waals surface area contributed by atoms with Crippen molar-refractivity contribution in [3.05, 3.63) is 12.2 Å². The van der Waals surface area contributed by atoms with Gasteiger partial charge in [-0.15, -0.1) is 0 Å². The maximum atomic E-state index is 11.9. The van der Waals surface area contributed by atoms with E-state index in [4.69, 9.17) is 4.74 Å². The SMILES string of the molecule is CCCCCCCC/C=C\CCCCCCCCOC(=O)CCCCCCCCCCCCCCCCC.[Bi]. The van der Waals surface area contributed by atoms with Gasteiger partial charge in [-0.3, -0.25) is 4.79 Å². The van der Waals surface area contributed by atoms with Crippen molar-refractivity contribution < 1.29 is 9.53 Å². The number of hydrogen-bond acceptors (Lipinski definition) is 2. The molecule has 0 spiro atoms. The fraction of sp³-hybridized carbons (Fsp3) is 0.917. The Morgan fingerprint density at radius 3 is 1.13 bits per heavy atom. The van der Waals surface area contributed by atoms with Gasteiger partial charge in [0.05, 0.1) is 6.61 Å². The molecule has 0 heterocycles. The zero-order valence-electron chi connectivity index (χ0n) is 26.8. The average Bonchev–Trinajstić information content (AvgIpc) is 2.92. The third-order valence-electron chi connectivity index (χ3n) is 7.90. The predicted octanol–water partition coefficient (Wildman–Crippen LogP) is 12.4. The summed E-state index contributed by atoms with van der Waals surface area (Å²) in [4.78, 5) is 11.9. The van der Waals surface area contributed by atoms with E-state index in [-0.39, 0.29) is 32.2 Å². The Morgan fingerprint density at radius 2 is 0.744 bits per heavy atom. The third kappa shape index (κ3) is 38.1. The van der Waals surface area contributed by atoms with Crippen molar-refractivity contribution in [1.82, 2.24) is 0 Å².